The Hall–Kier alpha value is -2.03. The summed E-state index contributed by atoms with van der Waals surface area (Å²) < 4.78 is 4.83. The van der Waals surface area contributed by atoms with Gasteiger partial charge in [0.2, 0.25) is 0 Å². The Morgan fingerprint density at radius 1 is 1.28 bits per heavy atom. The minimum absolute atomic E-state index is 0.373. The van der Waals surface area contributed by atoms with E-state index in [2.05, 4.69) is 6.58 Å². The minimum atomic E-state index is -0.398. The molecule has 0 saturated carbocycles. The number of hydrogen-bond acceptors (Lipinski definition) is 3. The zero-order valence-electron chi connectivity index (χ0n) is 11.1. The summed E-state index contributed by atoms with van der Waals surface area (Å²) in [6.45, 7) is 8.71. The molecule has 0 heterocycles. The lowest BCUT2D eigenvalue weighted by Crippen LogP contribution is -2.22. The van der Waals surface area contributed by atoms with Gasteiger partial charge in [-0.3, -0.25) is 0 Å². The van der Waals surface area contributed by atoms with Crippen molar-refractivity contribution in [3.63, 3.8) is 0 Å². The number of carbonyl (C=O) groups is 1. The molecule has 0 aliphatic carbocycles. The number of esters is 1. The maximum atomic E-state index is 10.5. The molecule has 0 aliphatic heterocycles. The molecule has 1 rings (SSSR count). The first-order valence-electron chi connectivity index (χ1n) is 5.60. The smallest absolute Gasteiger partial charge is 0.330 e. The van der Waals surface area contributed by atoms with Gasteiger partial charge in [-0.2, -0.15) is 0 Å². The Morgan fingerprint density at radius 2 is 1.83 bits per heavy atom. The van der Waals surface area contributed by atoms with Gasteiger partial charge >= 0.3 is 5.97 Å². The SMILES string of the molecule is C=CC(=O)OC(C)(C)C.OC=Cc1ccccc1. The summed E-state index contributed by atoms with van der Waals surface area (Å²) >= 11 is 0. The van der Waals surface area contributed by atoms with Gasteiger partial charge in [-0.05, 0) is 32.4 Å². The molecular formula is C15H20O3. The van der Waals surface area contributed by atoms with E-state index in [1.165, 1.54) is 0 Å². The molecule has 0 saturated heterocycles. The molecule has 98 valence electrons. The zero-order valence-corrected chi connectivity index (χ0v) is 11.1. The van der Waals surface area contributed by atoms with Crippen molar-refractivity contribution in [3.8, 4) is 0 Å². The predicted octanol–water partition coefficient (Wildman–Crippen LogP) is 3.73. The van der Waals surface area contributed by atoms with Crippen LogP contribution in [-0.2, 0) is 9.53 Å². The number of aliphatic hydroxyl groups excluding tert-OH is 1. The van der Waals surface area contributed by atoms with Crippen LogP contribution in [0, 0.1) is 0 Å². The van der Waals surface area contributed by atoms with Gasteiger partial charge in [0.05, 0.1) is 6.26 Å². The quantitative estimate of drug-likeness (QED) is 0.493. The molecule has 1 N–H and O–H groups in total. The number of aliphatic hydroxyl groups is 1. The molecule has 18 heavy (non-hydrogen) atoms. The Balaban J connectivity index is 0.000000321. The summed E-state index contributed by atoms with van der Waals surface area (Å²) in [5, 5.41) is 8.34. The lowest BCUT2D eigenvalue weighted by atomic mass is 10.2. The molecule has 3 nitrogen and oxygen atoms in total. The van der Waals surface area contributed by atoms with Crippen LogP contribution in [0.15, 0.2) is 49.2 Å². The fraction of sp³-hybridized carbons (Fsp3) is 0.267. The topological polar surface area (TPSA) is 46.5 Å². The first-order valence-corrected chi connectivity index (χ1v) is 5.60. The maximum absolute atomic E-state index is 10.5. The molecule has 3 heteroatoms. The average molecular weight is 248 g/mol. The van der Waals surface area contributed by atoms with E-state index in [4.69, 9.17) is 9.84 Å². The lowest BCUT2D eigenvalue weighted by Gasteiger charge is -2.17. The van der Waals surface area contributed by atoms with Crippen molar-refractivity contribution in [2.75, 3.05) is 0 Å². The monoisotopic (exact) mass is 248 g/mol. The first kappa shape index (κ1) is 16.0. The van der Waals surface area contributed by atoms with Crippen LogP contribution in [0.3, 0.4) is 0 Å². The van der Waals surface area contributed by atoms with Crippen LogP contribution >= 0.6 is 0 Å². The van der Waals surface area contributed by atoms with Crippen molar-refractivity contribution in [1.29, 1.82) is 0 Å². The predicted molar refractivity (Wildman–Crippen MR) is 74.1 cm³/mol. The van der Waals surface area contributed by atoms with Crippen molar-refractivity contribution < 1.29 is 14.6 Å². The molecule has 0 aromatic heterocycles. The molecule has 0 radical (unpaired) electrons. The maximum Gasteiger partial charge on any atom is 0.330 e. The highest BCUT2D eigenvalue weighted by molar-refractivity contribution is 5.81. The molecule has 1 aromatic carbocycles. The molecular weight excluding hydrogens is 228 g/mol. The van der Waals surface area contributed by atoms with Crippen LogP contribution in [-0.4, -0.2) is 16.7 Å². The molecule has 1 aromatic rings. The van der Waals surface area contributed by atoms with Gasteiger partial charge in [-0.15, -0.1) is 0 Å². The highest BCUT2D eigenvalue weighted by atomic mass is 16.6. The van der Waals surface area contributed by atoms with E-state index >= 15 is 0 Å². The summed E-state index contributed by atoms with van der Waals surface area (Å²) in [6, 6.07) is 9.64. The first-order chi connectivity index (χ1) is 8.39. The van der Waals surface area contributed by atoms with Crippen molar-refractivity contribution in [3.05, 3.63) is 54.8 Å². The Morgan fingerprint density at radius 3 is 2.17 bits per heavy atom. The summed E-state index contributed by atoms with van der Waals surface area (Å²) in [5.41, 5.74) is 0.616. The summed E-state index contributed by atoms with van der Waals surface area (Å²) in [4.78, 5) is 10.5. The molecule has 0 amide bonds. The largest absolute Gasteiger partial charge is 0.516 e. The van der Waals surface area contributed by atoms with E-state index in [9.17, 15) is 4.79 Å². The third kappa shape index (κ3) is 9.21. The van der Waals surface area contributed by atoms with E-state index in [0.29, 0.717) is 0 Å². The second-order valence-electron chi connectivity index (χ2n) is 4.46. The highest BCUT2D eigenvalue weighted by Crippen LogP contribution is 2.06. The fourth-order valence-electron chi connectivity index (χ4n) is 0.994. The van der Waals surface area contributed by atoms with E-state index in [1.54, 1.807) is 6.08 Å². The fourth-order valence-corrected chi connectivity index (χ4v) is 0.994. The second-order valence-corrected chi connectivity index (χ2v) is 4.46. The molecule has 0 bridgehead atoms. The van der Waals surface area contributed by atoms with Crippen LogP contribution in [0.2, 0.25) is 0 Å². The number of rotatable bonds is 2. The van der Waals surface area contributed by atoms with Crippen molar-refractivity contribution in [2.45, 2.75) is 26.4 Å². The van der Waals surface area contributed by atoms with Crippen LogP contribution < -0.4 is 0 Å². The summed E-state index contributed by atoms with van der Waals surface area (Å²) in [6.07, 6.45) is 3.83. The van der Waals surface area contributed by atoms with Crippen molar-refractivity contribution in [2.24, 2.45) is 0 Å². The van der Waals surface area contributed by atoms with Crippen LogP contribution in [0.25, 0.3) is 6.08 Å². The van der Waals surface area contributed by atoms with E-state index < -0.39 is 5.60 Å². The Kier molecular flexibility index (Phi) is 7.20. The van der Waals surface area contributed by atoms with Gasteiger partial charge in [-0.1, -0.05) is 36.9 Å². The molecule has 0 spiro atoms. The number of benzene rings is 1. The average Bonchev–Trinajstić information content (AvgIpc) is 2.29. The molecule has 0 aliphatic rings. The summed E-state index contributed by atoms with van der Waals surface area (Å²) in [7, 11) is 0. The minimum Gasteiger partial charge on any atom is -0.516 e. The zero-order chi connectivity index (χ0) is 14.0. The van der Waals surface area contributed by atoms with Gasteiger partial charge in [0.15, 0.2) is 0 Å². The van der Waals surface area contributed by atoms with Gasteiger partial charge < -0.3 is 9.84 Å². The van der Waals surface area contributed by atoms with Gasteiger partial charge in [0.25, 0.3) is 0 Å². The lowest BCUT2D eigenvalue weighted by molar-refractivity contribution is -0.148. The number of hydrogen-bond donors (Lipinski definition) is 1. The third-order valence-corrected chi connectivity index (χ3v) is 1.64. The van der Waals surface area contributed by atoms with Crippen molar-refractivity contribution in [1.82, 2.24) is 0 Å². The third-order valence-electron chi connectivity index (χ3n) is 1.64. The molecule has 0 atom stereocenters. The molecule has 0 fully saturated rings. The second kappa shape index (κ2) is 8.12. The van der Waals surface area contributed by atoms with Gasteiger partial charge in [-0.25, -0.2) is 4.79 Å². The molecule has 0 unspecified atom stereocenters. The van der Waals surface area contributed by atoms with E-state index in [-0.39, 0.29) is 5.97 Å². The standard InChI is InChI=1S/C8H8O.C7H12O2/c9-7-6-8-4-2-1-3-5-8;1-5-6(8)9-7(2,3)4/h1-7,9H;5H,1H2,2-4H3. The Labute approximate surface area is 108 Å². The number of carbonyl (C=O) groups excluding carboxylic acids is 1. The Bertz CT molecular complexity index is 386. The normalized spacial score (nSPS) is 10.4. The summed E-state index contributed by atoms with van der Waals surface area (Å²) in [5.74, 6) is -0.373. The van der Waals surface area contributed by atoms with E-state index in [0.717, 1.165) is 17.9 Å². The van der Waals surface area contributed by atoms with Gasteiger partial charge in [0.1, 0.15) is 5.60 Å². The highest BCUT2D eigenvalue weighted by Gasteiger charge is 2.12. The van der Waals surface area contributed by atoms with E-state index in [1.807, 2.05) is 51.1 Å². The van der Waals surface area contributed by atoms with Gasteiger partial charge in [0, 0.05) is 6.08 Å². The van der Waals surface area contributed by atoms with Crippen molar-refractivity contribution >= 4 is 12.0 Å². The van der Waals surface area contributed by atoms with Crippen LogP contribution in [0.4, 0.5) is 0 Å². The van der Waals surface area contributed by atoms with Crippen LogP contribution in [0.5, 0.6) is 0 Å². The number of ether oxygens (including phenoxy) is 1. The van der Waals surface area contributed by atoms with Crippen LogP contribution in [0.1, 0.15) is 26.3 Å².